The average Bonchev–Trinajstić information content (AvgIpc) is 2.84. The topological polar surface area (TPSA) is 99.3 Å². The lowest BCUT2D eigenvalue weighted by Gasteiger charge is -2.06. The van der Waals surface area contributed by atoms with Gasteiger partial charge in [-0.2, -0.15) is 0 Å². The van der Waals surface area contributed by atoms with Crippen LogP contribution in [0.1, 0.15) is 11.1 Å². The molecule has 0 aliphatic heterocycles. The number of halogens is 1. The number of aliphatic imine (C=N–C) groups is 2. The van der Waals surface area contributed by atoms with E-state index >= 15 is 0 Å². The van der Waals surface area contributed by atoms with E-state index in [9.17, 15) is 18.6 Å². The maximum atomic E-state index is 13.0. The fraction of sp³-hybridized carbons (Fsp3) is 0. The Morgan fingerprint density at radius 1 is 0.647 bits per heavy atom. The molecule has 4 aromatic rings. The molecule has 0 atom stereocenters. The number of rotatable bonds is 6. The van der Waals surface area contributed by atoms with Gasteiger partial charge in [-0.05, 0) is 78.9 Å². The number of hydrogen-bond donors (Lipinski definition) is 2. The summed E-state index contributed by atoms with van der Waals surface area (Å²) in [6.07, 6.45) is 3.03. The molecule has 0 spiro atoms. The molecule has 0 unspecified atom stereocenters. The summed E-state index contributed by atoms with van der Waals surface area (Å²) in [6.45, 7) is 0. The van der Waals surface area contributed by atoms with E-state index < -0.39 is 9.84 Å². The van der Waals surface area contributed by atoms with Crippen molar-refractivity contribution < 1.29 is 18.6 Å². The molecule has 0 radical (unpaired) electrons. The average molecular weight is 535 g/mol. The second-order valence-electron chi connectivity index (χ2n) is 7.27. The summed E-state index contributed by atoms with van der Waals surface area (Å²) in [5.74, 6) is 0.214. The first-order valence-electron chi connectivity index (χ1n) is 10.1. The van der Waals surface area contributed by atoms with Crippen LogP contribution >= 0.6 is 15.9 Å². The molecule has 0 bridgehead atoms. The Kier molecular flexibility index (Phi) is 6.90. The number of phenols is 2. The van der Waals surface area contributed by atoms with Crippen molar-refractivity contribution in [2.75, 3.05) is 0 Å². The molecular formula is C26H19BrN2O4S. The van der Waals surface area contributed by atoms with E-state index in [0.29, 0.717) is 22.5 Å². The normalized spacial score (nSPS) is 11.9. The van der Waals surface area contributed by atoms with Crippen LogP contribution in [0.5, 0.6) is 11.5 Å². The van der Waals surface area contributed by atoms with E-state index in [1.54, 1.807) is 66.7 Å². The third-order valence-electron chi connectivity index (χ3n) is 4.93. The monoisotopic (exact) mass is 534 g/mol. The summed E-state index contributed by atoms with van der Waals surface area (Å²) in [5.41, 5.74) is 2.21. The summed E-state index contributed by atoms with van der Waals surface area (Å²) in [7, 11) is -3.72. The smallest absolute Gasteiger partial charge is 0.206 e. The molecule has 0 heterocycles. The van der Waals surface area contributed by atoms with Crippen molar-refractivity contribution in [2.24, 2.45) is 9.98 Å². The zero-order valence-corrected chi connectivity index (χ0v) is 20.1. The molecule has 4 rings (SSSR count). The van der Waals surface area contributed by atoms with E-state index in [-0.39, 0.29) is 21.3 Å². The van der Waals surface area contributed by atoms with Crippen molar-refractivity contribution in [1.29, 1.82) is 0 Å². The van der Waals surface area contributed by atoms with Gasteiger partial charge in [0.05, 0.1) is 21.2 Å². The van der Waals surface area contributed by atoms with Gasteiger partial charge in [-0.15, -0.1) is 0 Å². The lowest BCUT2D eigenvalue weighted by atomic mass is 10.2. The van der Waals surface area contributed by atoms with E-state index in [4.69, 9.17) is 0 Å². The summed E-state index contributed by atoms with van der Waals surface area (Å²) in [4.78, 5) is 8.87. The fourth-order valence-electron chi connectivity index (χ4n) is 3.07. The Balaban J connectivity index is 1.50. The molecule has 0 fully saturated rings. The molecule has 0 saturated carbocycles. The largest absolute Gasteiger partial charge is 0.507 e. The minimum absolute atomic E-state index is 0.0968. The number of aromatic hydroxyl groups is 2. The van der Waals surface area contributed by atoms with Gasteiger partial charge in [0.15, 0.2) is 0 Å². The van der Waals surface area contributed by atoms with Crippen LogP contribution in [0.25, 0.3) is 0 Å². The fourth-order valence-corrected chi connectivity index (χ4v) is 4.71. The SMILES string of the molecule is O=S(=O)(c1ccc(N=Cc2ccccc2O)cc1)c1ccc(N=Cc2cc(Br)ccc2O)cc1. The maximum absolute atomic E-state index is 13.0. The maximum Gasteiger partial charge on any atom is 0.206 e. The molecule has 4 aromatic carbocycles. The third-order valence-corrected chi connectivity index (χ3v) is 7.20. The summed E-state index contributed by atoms with van der Waals surface area (Å²) >= 11 is 3.35. The number of para-hydroxylation sites is 1. The predicted octanol–water partition coefficient (Wildman–Crippen LogP) is 6.19. The van der Waals surface area contributed by atoms with E-state index in [1.165, 1.54) is 36.7 Å². The van der Waals surface area contributed by atoms with Crippen molar-refractivity contribution in [1.82, 2.24) is 0 Å². The van der Waals surface area contributed by atoms with Gasteiger partial charge in [0.2, 0.25) is 9.84 Å². The minimum atomic E-state index is -3.72. The van der Waals surface area contributed by atoms with Crippen LogP contribution in [0, 0.1) is 0 Å². The Labute approximate surface area is 205 Å². The Bertz CT molecular complexity index is 1480. The molecule has 170 valence electrons. The van der Waals surface area contributed by atoms with Gasteiger partial charge >= 0.3 is 0 Å². The highest BCUT2D eigenvalue weighted by Crippen LogP contribution is 2.26. The molecule has 0 aromatic heterocycles. The standard InChI is InChI=1S/C26H19BrN2O4S/c27-20-5-14-26(31)19(15-20)17-29-22-8-12-24(13-9-22)34(32,33)23-10-6-21(7-11-23)28-16-18-3-1-2-4-25(18)30/h1-17,30-31H. The van der Waals surface area contributed by atoms with Crippen molar-refractivity contribution >= 4 is 49.6 Å². The number of nitrogens with zero attached hydrogens (tertiary/aromatic N) is 2. The Morgan fingerprint density at radius 2 is 1.15 bits per heavy atom. The first kappa shape index (κ1) is 23.4. The summed E-state index contributed by atoms with van der Waals surface area (Å²) < 4.78 is 26.8. The van der Waals surface area contributed by atoms with Crippen LogP contribution in [0.3, 0.4) is 0 Å². The lowest BCUT2D eigenvalue weighted by molar-refractivity contribution is 0.474. The van der Waals surface area contributed by atoms with Gasteiger partial charge in [-0.25, -0.2) is 8.42 Å². The van der Waals surface area contributed by atoms with E-state index in [1.807, 2.05) is 0 Å². The molecule has 2 N–H and O–H groups in total. The number of sulfone groups is 1. The van der Waals surface area contributed by atoms with Crippen LogP contribution in [0.15, 0.2) is 115 Å². The number of benzene rings is 4. The highest BCUT2D eigenvalue weighted by Gasteiger charge is 2.17. The van der Waals surface area contributed by atoms with Crippen molar-refractivity contribution in [2.45, 2.75) is 9.79 Å². The van der Waals surface area contributed by atoms with E-state index in [2.05, 4.69) is 25.9 Å². The van der Waals surface area contributed by atoms with Gasteiger partial charge in [-0.3, -0.25) is 9.98 Å². The molecule has 0 amide bonds. The molecule has 8 heteroatoms. The zero-order chi connectivity index (χ0) is 24.1. The van der Waals surface area contributed by atoms with Gasteiger partial charge in [0.1, 0.15) is 11.5 Å². The quantitative estimate of drug-likeness (QED) is 0.288. The van der Waals surface area contributed by atoms with Crippen molar-refractivity contribution in [3.05, 3.63) is 107 Å². The first-order chi connectivity index (χ1) is 16.3. The second-order valence-corrected chi connectivity index (χ2v) is 10.1. The second kappa shape index (κ2) is 10.0. The molecule has 0 aliphatic carbocycles. The molecule has 34 heavy (non-hydrogen) atoms. The van der Waals surface area contributed by atoms with Gasteiger partial charge in [-0.1, -0.05) is 28.1 Å². The molecular weight excluding hydrogens is 516 g/mol. The molecule has 0 aliphatic rings. The van der Waals surface area contributed by atoms with Gasteiger partial charge < -0.3 is 10.2 Å². The summed E-state index contributed by atoms with van der Waals surface area (Å²) in [5, 5.41) is 19.7. The summed E-state index contributed by atoms with van der Waals surface area (Å²) in [6, 6.07) is 24.2. The van der Waals surface area contributed by atoms with E-state index in [0.717, 1.165) is 4.47 Å². The highest BCUT2D eigenvalue weighted by molar-refractivity contribution is 9.10. The van der Waals surface area contributed by atoms with Crippen LogP contribution in [-0.2, 0) is 9.84 Å². The minimum Gasteiger partial charge on any atom is -0.507 e. The molecule has 0 saturated heterocycles. The van der Waals surface area contributed by atoms with Gasteiger partial charge in [0, 0.05) is 28.0 Å². The third kappa shape index (κ3) is 5.41. The Hall–Kier alpha value is -3.75. The van der Waals surface area contributed by atoms with Crippen LogP contribution in [0.2, 0.25) is 0 Å². The molecule has 6 nitrogen and oxygen atoms in total. The van der Waals surface area contributed by atoms with Crippen LogP contribution in [0.4, 0.5) is 11.4 Å². The Morgan fingerprint density at radius 3 is 1.71 bits per heavy atom. The van der Waals surface area contributed by atoms with Crippen LogP contribution < -0.4 is 0 Å². The number of hydrogen-bond acceptors (Lipinski definition) is 6. The van der Waals surface area contributed by atoms with Crippen molar-refractivity contribution in [3.8, 4) is 11.5 Å². The van der Waals surface area contributed by atoms with Crippen LogP contribution in [-0.4, -0.2) is 31.1 Å². The number of phenolic OH excluding ortho intramolecular Hbond substituents is 2. The lowest BCUT2D eigenvalue weighted by Crippen LogP contribution is -2.01. The van der Waals surface area contributed by atoms with Crippen molar-refractivity contribution in [3.63, 3.8) is 0 Å². The first-order valence-corrected chi connectivity index (χ1v) is 12.4. The highest BCUT2D eigenvalue weighted by atomic mass is 79.9. The zero-order valence-electron chi connectivity index (χ0n) is 17.7. The van der Waals surface area contributed by atoms with Gasteiger partial charge in [0.25, 0.3) is 0 Å². The predicted molar refractivity (Wildman–Crippen MR) is 137 cm³/mol.